The number of nitrogens with zero attached hydrogens (tertiary/aromatic N) is 4. The van der Waals surface area contributed by atoms with E-state index in [1.807, 2.05) is 18.3 Å². The number of aliphatic hydroxyl groups is 1. The average molecular weight is 437 g/mol. The molecule has 1 aliphatic carbocycles. The van der Waals surface area contributed by atoms with Crippen LogP contribution in [-0.4, -0.2) is 64.8 Å². The van der Waals surface area contributed by atoms with E-state index in [1.54, 1.807) is 13.3 Å². The molecule has 3 fully saturated rings. The van der Waals surface area contributed by atoms with Gasteiger partial charge in [0.1, 0.15) is 5.82 Å². The number of pyridine rings is 2. The monoisotopic (exact) mass is 436 g/mol. The Kier molecular flexibility index (Phi) is 5.76. The lowest BCUT2D eigenvalue weighted by atomic mass is 9.78. The van der Waals surface area contributed by atoms with Gasteiger partial charge >= 0.3 is 0 Å². The van der Waals surface area contributed by atoms with Crippen LogP contribution in [0.5, 0.6) is 5.88 Å². The van der Waals surface area contributed by atoms with Crippen LogP contribution < -0.4 is 9.64 Å². The number of methoxy groups -OCH3 is 1. The molecule has 7 heteroatoms. The molecule has 4 heterocycles. The van der Waals surface area contributed by atoms with Crippen LogP contribution in [0.2, 0.25) is 0 Å². The number of aromatic nitrogens is 2. The zero-order valence-electron chi connectivity index (χ0n) is 18.7. The van der Waals surface area contributed by atoms with E-state index in [9.17, 15) is 9.90 Å². The standard InChI is InChI=1S/C25H32N4O3/c1-32-23-10-4-19(16-27-23)18-3-9-22(26-15-18)28-13-2-11-25(17-28)12-14-29(24(25)31)20-5-7-21(30)8-6-20/h3-4,9-10,15-16,20-21,30H,2,5-8,11-14,17H2,1H3. The van der Waals surface area contributed by atoms with Crippen molar-refractivity contribution >= 4 is 11.7 Å². The summed E-state index contributed by atoms with van der Waals surface area (Å²) in [4.78, 5) is 26.9. The summed E-state index contributed by atoms with van der Waals surface area (Å²) in [6.07, 6.45) is 9.87. The Morgan fingerprint density at radius 2 is 1.75 bits per heavy atom. The van der Waals surface area contributed by atoms with Gasteiger partial charge in [0, 0.05) is 55.3 Å². The van der Waals surface area contributed by atoms with Gasteiger partial charge in [-0.05, 0) is 63.1 Å². The molecule has 3 aliphatic rings. The third kappa shape index (κ3) is 3.94. The second-order valence-electron chi connectivity index (χ2n) is 9.51. The largest absolute Gasteiger partial charge is 0.481 e. The second-order valence-corrected chi connectivity index (χ2v) is 9.51. The third-order valence-electron chi connectivity index (χ3n) is 7.58. The SMILES string of the molecule is COc1ccc(-c2ccc(N3CCCC4(CCN(C5CCC(O)CC5)C4=O)C3)nc2)cn1. The Morgan fingerprint density at radius 1 is 1.00 bits per heavy atom. The number of anilines is 1. The summed E-state index contributed by atoms with van der Waals surface area (Å²) in [7, 11) is 1.61. The Balaban J connectivity index is 1.28. The molecule has 1 atom stereocenters. The zero-order chi connectivity index (χ0) is 22.1. The van der Waals surface area contributed by atoms with Crippen LogP contribution in [0.4, 0.5) is 5.82 Å². The summed E-state index contributed by atoms with van der Waals surface area (Å²) in [5.74, 6) is 1.85. The summed E-state index contributed by atoms with van der Waals surface area (Å²) in [6, 6.07) is 8.26. The maximum Gasteiger partial charge on any atom is 0.230 e. The molecule has 1 unspecified atom stereocenters. The first-order chi connectivity index (χ1) is 15.6. The highest BCUT2D eigenvalue weighted by atomic mass is 16.5. The first-order valence-corrected chi connectivity index (χ1v) is 11.8. The number of hydrogen-bond acceptors (Lipinski definition) is 6. The van der Waals surface area contributed by atoms with Gasteiger partial charge in [-0.2, -0.15) is 0 Å². The van der Waals surface area contributed by atoms with Gasteiger partial charge in [0.25, 0.3) is 0 Å². The van der Waals surface area contributed by atoms with Gasteiger partial charge in [-0.1, -0.05) is 0 Å². The highest BCUT2D eigenvalue weighted by Gasteiger charge is 2.50. The van der Waals surface area contributed by atoms with E-state index >= 15 is 0 Å². The number of carbonyl (C=O) groups is 1. The van der Waals surface area contributed by atoms with Crippen LogP contribution in [0.1, 0.15) is 44.9 Å². The molecule has 2 aromatic rings. The summed E-state index contributed by atoms with van der Waals surface area (Å²) >= 11 is 0. The van der Waals surface area contributed by atoms with Gasteiger partial charge in [0.2, 0.25) is 11.8 Å². The van der Waals surface area contributed by atoms with Crippen molar-refractivity contribution < 1.29 is 14.6 Å². The molecule has 2 saturated heterocycles. The van der Waals surface area contributed by atoms with E-state index in [2.05, 4.69) is 26.9 Å². The predicted molar refractivity (Wildman–Crippen MR) is 122 cm³/mol. The molecule has 2 aliphatic heterocycles. The molecule has 1 saturated carbocycles. The predicted octanol–water partition coefficient (Wildman–Crippen LogP) is 3.27. The fourth-order valence-electron chi connectivity index (χ4n) is 5.69. The number of aliphatic hydroxyl groups excluding tert-OH is 1. The summed E-state index contributed by atoms with van der Waals surface area (Å²) in [5.41, 5.74) is 1.73. The van der Waals surface area contributed by atoms with Crippen molar-refractivity contribution in [2.45, 2.75) is 57.1 Å². The molecule has 0 radical (unpaired) electrons. The molecule has 0 bridgehead atoms. The van der Waals surface area contributed by atoms with Gasteiger partial charge in [0.05, 0.1) is 18.6 Å². The number of amides is 1. The smallest absolute Gasteiger partial charge is 0.230 e. The van der Waals surface area contributed by atoms with Crippen LogP contribution in [0.15, 0.2) is 36.7 Å². The molecule has 1 amide bonds. The van der Waals surface area contributed by atoms with Crippen LogP contribution in [0.25, 0.3) is 11.1 Å². The molecule has 1 N–H and O–H groups in total. The molecule has 1 spiro atoms. The first kappa shape index (κ1) is 21.2. The third-order valence-corrected chi connectivity index (χ3v) is 7.58. The zero-order valence-corrected chi connectivity index (χ0v) is 18.7. The first-order valence-electron chi connectivity index (χ1n) is 11.8. The number of likely N-dealkylation sites (tertiary alicyclic amines) is 1. The molecule has 32 heavy (non-hydrogen) atoms. The van der Waals surface area contributed by atoms with E-state index in [0.717, 1.165) is 81.5 Å². The van der Waals surface area contributed by atoms with Gasteiger partial charge in [0.15, 0.2) is 0 Å². The molecule has 7 nitrogen and oxygen atoms in total. The lowest BCUT2D eigenvalue weighted by Gasteiger charge is -2.41. The van der Waals surface area contributed by atoms with Crippen LogP contribution in [0, 0.1) is 5.41 Å². The topological polar surface area (TPSA) is 78.8 Å². The van der Waals surface area contributed by atoms with Crippen molar-refractivity contribution in [3.05, 3.63) is 36.7 Å². The van der Waals surface area contributed by atoms with Gasteiger partial charge in [-0.15, -0.1) is 0 Å². The van der Waals surface area contributed by atoms with Crippen molar-refractivity contribution in [3.63, 3.8) is 0 Å². The minimum absolute atomic E-state index is 0.189. The van der Waals surface area contributed by atoms with Crippen LogP contribution in [-0.2, 0) is 4.79 Å². The lowest BCUT2D eigenvalue weighted by molar-refractivity contribution is -0.139. The fourth-order valence-corrected chi connectivity index (χ4v) is 5.69. The minimum Gasteiger partial charge on any atom is -0.481 e. The second kappa shape index (κ2) is 8.70. The molecular formula is C25H32N4O3. The highest BCUT2D eigenvalue weighted by molar-refractivity contribution is 5.86. The van der Waals surface area contributed by atoms with Gasteiger partial charge in [-0.3, -0.25) is 4.79 Å². The van der Waals surface area contributed by atoms with Crippen LogP contribution in [0.3, 0.4) is 0 Å². The van der Waals surface area contributed by atoms with Crippen molar-refractivity contribution in [3.8, 4) is 17.0 Å². The summed E-state index contributed by atoms with van der Waals surface area (Å²) in [6.45, 7) is 2.53. The Bertz CT molecular complexity index is 941. The van der Waals surface area contributed by atoms with Gasteiger partial charge < -0.3 is 19.6 Å². The van der Waals surface area contributed by atoms with Crippen molar-refractivity contribution in [1.29, 1.82) is 0 Å². The number of piperidine rings is 1. The van der Waals surface area contributed by atoms with E-state index in [0.29, 0.717) is 17.8 Å². The molecule has 5 rings (SSSR count). The van der Waals surface area contributed by atoms with Crippen molar-refractivity contribution in [2.75, 3.05) is 31.6 Å². The van der Waals surface area contributed by atoms with E-state index in [1.165, 1.54) is 0 Å². The number of rotatable bonds is 4. The maximum absolute atomic E-state index is 13.5. The van der Waals surface area contributed by atoms with Crippen molar-refractivity contribution in [1.82, 2.24) is 14.9 Å². The normalized spacial score (nSPS) is 28.4. The van der Waals surface area contributed by atoms with E-state index < -0.39 is 0 Å². The quantitative estimate of drug-likeness (QED) is 0.793. The molecule has 170 valence electrons. The maximum atomic E-state index is 13.5. The van der Waals surface area contributed by atoms with E-state index in [4.69, 9.17) is 9.72 Å². The molecule has 0 aromatic carbocycles. The minimum atomic E-state index is -0.283. The Morgan fingerprint density at radius 3 is 2.41 bits per heavy atom. The summed E-state index contributed by atoms with van der Waals surface area (Å²) < 4.78 is 5.13. The molecular weight excluding hydrogens is 404 g/mol. The number of ether oxygens (including phenoxy) is 1. The van der Waals surface area contributed by atoms with Crippen molar-refractivity contribution in [2.24, 2.45) is 5.41 Å². The highest BCUT2D eigenvalue weighted by Crippen LogP contribution is 2.43. The number of carbonyl (C=O) groups excluding carboxylic acids is 1. The van der Waals surface area contributed by atoms with Crippen LogP contribution >= 0.6 is 0 Å². The summed E-state index contributed by atoms with van der Waals surface area (Å²) in [5, 5.41) is 9.83. The Hall–Kier alpha value is -2.67. The van der Waals surface area contributed by atoms with E-state index in [-0.39, 0.29) is 11.5 Å². The fraction of sp³-hybridized carbons (Fsp3) is 0.560. The van der Waals surface area contributed by atoms with Gasteiger partial charge in [-0.25, -0.2) is 9.97 Å². The average Bonchev–Trinajstić information content (AvgIpc) is 3.15. The molecule has 2 aromatic heterocycles. The number of hydrogen-bond donors (Lipinski definition) is 1. The lowest BCUT2D eigenvalue weighted by Crippen LogP contribution is -2.50. The Labute approximate surface area is 189 Å².